The van der Waals surface area contributed by atoms with Crippen molar-refractivity contribution in [2.75, 3.05) is 6.61 Å². The fraction of sp³-hybridized carbons (Fsp3) is 0.438. The average Bonchev–Trinajstić information content (AvgIpc) is 3.05. The zero-order chi connectivity index (χ0) is 17.7. The van der Waals surface area contributed by atoms with Crippen molar-refractivity contribution in [2.45, 2.75) is 39.4 Å². The minimum Gasteiger partial charge on any atom is -0.467 e. The van der Waals surface area contributed by atoms with Crippen molar-refractivity contribution < 1.29 is 14.3 Å². The predicted molar refractivity (Wildman–Crippen MR) is 86.5 cm³/mol. The third-order valence-electron chi connectivity index (χ3n) is 3.84. The molecule has 130 valence electrons. The molecule has 0 radical (unpaired) electrons. The van der Waals surface area contributed by atoms with Crippen molar-refractivity contribution in [3.8, 4) is 0 Å². The van der Waals surface area contributed by atoms with E-state index in [-0.39, 0.29) is 31.6 Å². The Bertz CT molecular complexity index is 787. The molecule has 8 nitrogen and oxygen atoms in total. The Morgan fingerprint density at radius 2 is 2.21 bits per heavy atom. The van der Waals surface area contributed by atoms with E-state index >= 15 is 0 Å². The lowest BCUT2D eigenvalue weighted by molar-refractivity contribution is -0.136. The fourth-order valence-electron chi connectivity index (χ4n) is 2.41. The molecule has 2 heterocycles. The molecule has 2 aromatic rings. The standard InChI is InChI=1S/C16H21N3O5/c1-3-12(10-20)19(8-13-5-4-6-24-13)14(21)9-18-7-11(2)15(22)17-16(18)23/h4-7,12,20H,3,8-10H2,1-2H3,(H,17,22,23)/t12-/m1/s1. The molecular formula is C16H21N3O5. The van der Waals surface area contributed by atoms with Crippen LogP contribution in [0, 0.1) is 6.92 Å². The lowest BCUT2D eigenvalue weighted by atomic mass is 10.2. The number of amides is 1. The van der Waals surface area contributed by atoms with Gasteiger partial charge in [-0.15, -0.1) is 0 Å². The quantitative estimate of drug-likeness (QED) is 0.753. The number of furan rings is 1. The van der Waals surface area contributed by atoms with Gasteiger partial charge in [0.25, 0.3) is 5.56 Å². The first-order chi connectivity index (χ1) is 11.5. The van der Waals surface area contributed by atoms with Crippen LogP contribution in [0.3, 0.4) is 0 Å². The highest BCUT2D eigenvalue weighted by Gasteiger charge is 2.23. The number of rotatable bonds is 7. The highest BCUT2D eigenvalue weighted by molar-refractivity contribution is 5.76. The third kappa shape index (κ3) is 4.02. The van der Waals surface area contributed by atoms with Crippen LogP contribution in [0.1, 0.15) is 24.7 Å². The Morgan fingerprint density at radius 1 is 1.46 bits per heavy atom. The lowest BCUT2D eigenvalue weighted by Crippen LogP contribution is -2.45. The maximum absolute atomic E-state index is 12.7. The first-order valence-electron chi connectivity index (χ1n) is 7.69. The molecule has 0 spiro atoms. The Balaban J connectivity index is 2.25. The number of aromatic amines is 1. The van der Waals surface area contributed by atoms with Crippen molar-refractivity contribution in [3.05, 3.63) is 56.8 Å². The molecule has 0 fully saturated rings. The Labute approximate surface area is 138 Å². The molecule has 1 amide bonds. The summed E-state index contributed by atoms with van der Waals surface area (Å²) >= 11 is 0. The third-order valence-corrected chi connectivity index (χ3v) is 3.84. The van der Waals surface area contributed by atoms with Gasteiger partial charge in [-0.1, -0.05) is 6.92 Å². The molecule has 0 aliphatic carbocycles. The summed E-state index contributed by atoms with van der Waals surface area (Å²) in [5.74, 6) is 0.237. The molecule has 0 aliphatic rings. The number of hydrogen-bond donors (Lipinski definition) is 2. The number of nitrogens with one attached hydrogen (secondary N) is 1. The van der Waals surface area contributed by atoms with E-state index in [1.165, 1.54) is 17.4 Å². The highest BCUT2D eigenvalue weighted by Crippen LogP contribution is 2.12. The molecular weight excluding hydrogens is 314 g/mol. The van der Waals surface area contributed by atoms with Gasteiger partial charge in [-0.3, -0.25) is 19.1 Å². The van der Waals surface area contributed by atoms with E-state index in [1.807, 2.05) is 6.92 Å². The second-order valence-electron chi connectivity index (χ2n) is 5.54. The molecule has 0 aliphatic heterocycles. The number of nitrogens with zero attached hydrogens (tertiary/aromatic N) is 2. The van der Waals surface area contributed by atoms with Crippen LogP contribution in [0.4, 0.5) is 0 Å². The average molecular weight is 335 g/mol. The van der Waals surface area contributed by atoms with Gasteiger partial charge in [-0.05, 0) is 25.5 Å². The van der Waals surface area contributed by atoms with E-state index in [0.717, 1.165) is 4.57 Å². The smallest absolute Gasteiger partial charge is 0.328 e. The first-order valence-corrected chi connectivity index (χ1v) is 7.69. The number of aromatic nitrogens is 2. The lowest BCUT2D eigenvalue weighted by Gasteiger charge is -2.29. The second-order valence-corrected chi connectivity index (χ2v) is 5.54. The first kappa shape index (κ1) is 17.7. The number of aliphatic hydroxyl groups is 1. The number of aryl methyl sites for hydroxylation is 1. The number of aliphatic hydroxyl groups excluding tert-OH is 1. The minimum atomic E-state index is -0.644. The fourth-order valence-corrected chi connectivity index (χ4v) is 2.41. The number of hydrogen-bond acceptors (Lipinski definition) is 5. The number of H-pyrrole nitrogens is 1. The molecule has 0 unspecified atom stereocenters. The van der Waals surface area contributed by atoms with Gasteiger partial charge in [0, 0.05) is 11.8 Å². The summed E-state index contributed by atoms with van der Waals surface area (Å²) in [7, 11) is 0. The van der Waals surface area contributed by atoms with E-state index in [9.17, 15) is 19.5 Å². The summed E-state index contributed by atoms with van der Waals surface area (Å²) in [5, 5.41) is 9.53. The summed E-state index contributed by atoms with van der Waals surface area (Å²) in [6.07, 6.45) is 3.42. The maximum Gasteiger partial charge on any atom is 0.328 e. The van der Waals surface area contributed by atoms with Crippen molar-refractivity contribution in [1.82, 2.24) is 14.5 Å². The Morgan fingerprint density at radius 3 is 2.79 bits per heavy atom. The molecule has 0 saturated heterocycles. The molecule has 0 aromatic carbocycles. The van der Waals surface area contributed by atoms with Crippen LogP contribution in [0.5, 0.6) is 0 Å². The molecule has 2 aromatic heterocycles. The van der Waals surface area contributed by atoms with Gasteiger partial charge < -0.3 is 14.4 Å². The van der Waals surface area contributed by atoms with Crippen molar-refractivity contribution >= 4 is 5.91 Å². The van der Waals surface area contributed by atoms with E-state index in [1.54, 1.807) is 19.1 Å². The van der Waals surface area contributed by atoms with Crippen LogP contribution in [0.25, 0.3) is 0 Å². The summed E-state index contributed by atoms with van der Waals surface area (Å²) in [6, 6.07) is 3.07. The maximum atomic E-state index is 12.7. The van der Waals surface area contributed by atoms with Gasteiger partial charge in [-0.2, -0.15) is 0 Å². The zero-order valence-electron chi connectivity index (χ0n) is 13.7. The molecule has 2 rings (SSSR count). The molecule has 1 atom stereocenters. The van der Waals surface area contributed by atoms with E-state index < -0.39 is 11.2 Å². The van der Waals surface area contributed by atoms with Crippen LogP contribution in [-0.4, -0.2) is 38.1 Å². The van der Waals surface area contributed by atoms with E-state index in [4.69, 9.17) is 4.42 Å². The molecule has 2 N–H and O–H groups in total. The van der Waals surface area contributed by atoms with Crippen LogP contribution in [-0.2, 0) is 17.9 Å². The monoisotopic (exact) mass is 335 g/mol. The predicted octanol–water partition coefficient (Wildman–Crippen LogP) is 0.238. The van der Waals surface area contributed by atoms with Gasteiger partial charge in [0.1, 0.15) is 12.3 Å². The van der Waals surface area contributed by atoms with Gasteiger partial charge in [-0.25, -0.2) is 4.79 Å². The van der Waals surface area contributed by atoms with Crippen LogP contribution >= 0.6 is 0 Å². The summed E-state index contributed by atoms with van der Waals surface area (Å²) in [5.41, 5.74) is -0.777. The Kier molecular flexibility index (Phi) is 5.75. The normalized spacial score (nSPS) is 12.1. The van der Waals surface area contributed by atoms with Gasteiger partial charge in [0.05, 0.1) is 25.5 Å². The van der Waals surface area contributed by atoms with Gasteiger partial charge in [0.15, 0.2) is 0 Å². The van der Waals surface area contributed by atoms with Crippen LogP contribution in [0.15, 0.2) is 38.6 Å². The zero-order valence-corrected chi connectivity index (χ0v) is 13.7. The Hall–Kier alpha value is -2.61. The van der Waals surface area contributed by atoms with Gasteiger partial charge in [0.2, 0.25) is 5.91 Å². The summed E-state index contributed by atoms with van der Waals surface area (Å²) in [6.45, 7) is 3.19. The van der Waals surface area contributed by atoms with Crippen molar-refractivity contribution in [2.24, 2.45) is 0 Å². The van der Waals surface area contributed by atoms with Crippen LogP contribution in [0.2, 0.25) is 0 Å². The van der Waals surface area contributed by atoms with E-state index in [2.05, 4.69) is 4.98 Å². The topological polar surface area (TPSA) is 109 Å². The summed E-state index contributed by atoms with van der Waals surface area (Å²) < 4.78 is 6.42. The van der Waals surface area contributed by atoms with Crippen molar-refractivity contribution in [1.29, 1.82) is 0 Å². The van der Waals surface area contributed by atoms with Crippen molar-refractivity contribution in [3.63, 3.8) is 0 Å². The molecule has 8 heteroatoms. The summed E-state index contributed by atoms with van der Waals surface area (Å²) in [4.78, 5) is 39.6. The van der Waals surface area contributed by atoms with Gasteiger partial charge >= 0.3 is 5.69 Å². The molecule has 0 saturated carbocycles. The number of carbonyl (C=O) groups is 1. The number of carbonyl (C=O) groups excluding carboxylic acids is 1. The molecule has 24 heavy (non-hydrogen) atoms. The van der Waals surface area contributed by atoms with Crippen LogP contribution < -0.4 is 11.2 Å². The SMILES string of the molecule is CC[C@H](CO)N(Cc1ccco1)C(=O)Cn1cc(C)c(=O)[nH]c1=O. The highest BCUT2D eigenvalue weighted by atomic mass is 16.3. The largest absolute Gasteiger partial charge is 0.467 e. The minimum absolute atomic E-state index is 0.192. The molecule has 0 bridgehead atoms. The second kappa shape index (κ2) is 7.78. The van der Waals surface area contributed by atoms with E-state index in [0.29, 0.717) is 17.7 Å².